The molecule has 1 heterocycles. The fraction of sp³-hybridized carbons (Fsp3) is 0.667. The van der Waals surface area contributed by atoms with Crippen molar-refractivity contribution in [3.8, 4) is 0 Å². The average Bonchev–Trinajstić information content (AvgIpc) is 3.27. The Morgan fingerprint density at radius 2 is 1.92 bits per heavy atom. The van der Waals surface area contributed by atoms with Gasteiger partial charge in [0.25, 0.3) is 0 Å². The molecule has 0 aliphatic carbocycles. The standard InChI is InChI=1S/C30H47FN2O5S/c1-3-4-5-6-7-18-32(2)29(36)23-38-30(37)9-8-20-39-21-19-33-26(15-17-28(33)35)14-16-27(34)22-24-10-12-25(31)13-11-24/h10-14,16,26-27,29,34,36H,3-9,15,17-23H2,1-2H3/b16-14+/t26-,27+,29?/m0/s1. The number of benzene rings is 1. The molecule has 1 aliphatic rings. The number of carbonyl (C=O) groups excluding carboxylic acids is 2. The van der Waals surface area contributed by atoms with Crippen LogP contribution in [0.25, 0.3) is 0 Å². The molecule has 0 saturated carbocycles. The molecule has 3 atom stereocenters. The first-order valence-electron chi connectivity index (χ1n) is 14.3. The van der Waals surface area contributed by atoms with Crippen molar-refractivity contribution in [3.05, 3.63) is 47.8 Å². The molecule has 1 unspecified atom stereocenters. The van der Waals surface area contributed by atoms with E-state index >= 15 is 0 Å². The van der Waals surface area contributed by atoms with E-state index in [1.54, 1.807) is 30.0 Å². The lowest BCUT2D eigenvalue weighted by molar-refractivity contribution is -0.150. The van der Waals surface area contributed by atoms with Crippen LogP contribution in [-0.2, 0) is 20.7 Å². The molecule has 39 heavy (non-hydrogen) atoms. The summed E-state index contributed by atoms with van der Waals surface area (Å²) >= 11 is 1.69. The summed E-state index contributed by atoms with van der Waals surface area (Å²) in [5, 5.41) is 20.5. The summed E-state index contributed by atoms with van der Waals surface area (Å²) in [5.41, 5.74) is 0.852. The number of aliphatic hydroxyl groups is 2. The fourth-order valence-corrected chi connectivity index (χ4v) is 5.38. The van der Waals surface area contributed by atoms with E-state index in [-0.39, 0.29) is 30.3 Å². The van der Waals surface area contributed by atoms with Gasteiger partial charge in [0, 0.05) is 38.1 Å². The number of likely N-dealkylation sites (tertiary alicyclic amines) is 1. The van der Waals surface area contributed by atoms with Crippen LogP contribution in [-0.4, -0.2) is 88.5 Å². The van der Waals surface area contributed by atoms with Crippen LogP contribution < -0.4 is 0 Å². The molecule has 220 valence electrons. The second-order valence-corrected chi connectivity index (χ2v) is 11.5. The Morgan fingerprint density at radius 3 is 2.67 bits per heavy atom. The Kier molecular flexibility index (Phi) is 16.4. The van der Waals surface area contributed by atoms with E-state index in [9.17, 15) is 24.2 Å². The highest BCUT2D eigenvalue weighted by Gasteiger charge is 2.28. The van der Waals surface area contributed by atoms with Crippen LogP contribution in [0.15, 0.2) is 36.4 Å². The quantitative estimate of drug-likeness (QED) is 0.104. The van der Waals surface area contributed by atoms with Gasteiger partial charge in [0.15, 0.2) is 0 Å². The van der Waals surface area contributed by atoms with Gasteiger partial charge in [-0.15, -0.1) is 0 Å². The fourth-order valence-electron chi connectivity index (χ4n) is 4.50. The summed E-state index contributed by atoms with van der Waals surface area (Å²) in [7, 11) is 1.84. The monoisotopic (exact) mass is 566 g/mol. The van der Waals surface area contributed by atoms with Crippen molar-refractivity contribution >= 4 is 23.6 Å². The molecule has 1 saturated heterocycles. The second-order valence-electron chi connectivity index (χ2n) is 10.3. The lowest BCUT2D eigenvalue weighted by Crippen LogP contribution is -2.36. The third-order valence-electron chi connectivity index (χ3n) is 6.95. The molecule has 2 N–H and O–H groups in total. The molecule has 1 fully saturated rings. The number of hydrogen-bond acceptors (Lipinski definition) is 7. The van der Waals surface area contributed by atoms with E-state index in [1.165, 1.54) is 31.4 Å². The van der Waals surface area contributed by atoms with Crippen molar-refractivity contribution in [2.24, 2.45) is 0 Å². The Balaban J connectivity index is 1.57. The van der Waals surface area contributed by atoms with Crippen LogP contribution in [0.3, 0.4) is 0 Å². The van der Waals surface area contributed by atoms with Crippen molar-refractivity contribution < 1.29 is 28.9 Å². The molecule has 0 aromatic heterocycles. The smallest absolute Gasteiger partial charge is 0.305 e. The van der Waals surface area contributed by atoms with Crippen LogP contribution in [0.1, 0.15) is 70.3 Å². The Morgan fingerprint density at radius 1 is 1.18 bits per heavy atom. The topological polar surface area (TPSA) is 90.3 Å². The van der Waals surface area contributed by atoms with Gasteiger partial charge in [0.1, 0.15) is 18.7 Å². The summed E-state index contributed by atoms with van der Waals surface area (Å²) in [6, 6.07) is 6.05. The Bertz CT molecular complexity index is 869. The maximum Gasteiger partial charge on any atom is 0.305 e. The molecule has 2 rings (SSSR count). The minimum atomic E-state index is -0.779. The largest absolute Gasteiger partial charge is 0.461 e. The first-order valence-corrected chi connectivity index (χ1v) is 15.5. The van der Waals surface area contributed by atoms with E-state index < -0.39 is 12.3 Å². The number of rotatable bonds is 20. The summed E-state index contributed by atoms with van der Waals surface area (Å²) in [6.45, 7) is 3.57. The normalized spacial score (nSPS) is 17.3. The number of esters is 1. The number of carbonyl (C=O) groups is 2. The summed E-state index contributed by atoms with van der Waals surface area (Å²) in [6.07, 6.45) is 10.6. The lowest BCUT2D eigenvalue weighted by Gasteiger charge is -2.23. The highest BCUT2D eigenvalue weighted by molar-refractivity contribution is 7.99. The van der Waals surface area contributed by atoms with Gasteiger partial charge >= 0.3 is 5.97 Å². The van der Waals surface area contributed by atoms with E-state index in [4.69, 9.17) is 4.74 Å². The van der Waals surface area contributed by atoms with Crippen LogP contribution in [0, 0.1) is 5.82 Å². The van der Waals surface area contributed by atoms with E-state index in [1.807, 2.05) is 22.9 Å². The molecule has 1 aromatic rings. The zero-order valence-electron chi connectivity index (χ0n) is 23.6. The molecule has 0 bridgehead atoms. The predicted molar refractivity (Wildman–Crippen MR) is 155 cm³/mol. The molecular weight excluding hydrogens is 519 g/mol. The highest BCUT2D eigenvalue weighted by atomic mass is 32.2. The van der Waals surface area contributed by atoms with Crippen molar-refractivity contribution in [1.29, 1.82) is 0 Å². The van der Waals surface area contributed by atoms with Gasteiger partial charge in [-0.2, -0.15) is 11.8 Å². The van der Waals surface area contributed by atoms with Crippen molar-refractivity contribution in [2.45, 2.75) is 89.5 Å². The third-order valence-corrected chi connectivity index (χ3v) is 8.00. The van der Waals surface area contributed by atoms with Gasteiger partial charge in [-0.05, 0) is 49.8 Å². The molecule has 1 aromatic carbocycles. The van der Waals surface area contributed by atoms with Gasteiger partial charge in [-0.1, -0.05) is 56.9 Å². The van der Waals surface area contributed by atoms with Crippen LogP contribution in [0.4, 0.5) is 4.39 Å². The maximum absolute atomic E-state index is 13.1. The number of ether oxygens (including phenoxy) is 1. The molecule has 1 aliphatic heterocycles. The number of thioether (sulfide) groups is 1. The first kappa shape index (κ1) is 33.3. The summed E-state index contributed by atoms with van der Waals surface area (Å²) in [4.78, 5) is 28.0. The van der Waals surface area contributed by atoms with Gasteiger partial charge in [-0.25, -0.2) is 4.39 Å². The van der Waals surface area contributed by atoms with Crippen molar-refractivity contribution in [2.75, 3.05) is 38.2 Å². The molecular formula is C30H47FN2O5S. The number of likely N-dealkylation sites (N-methyl/N-ethyl adjacent to an activating group) is 1. The van der Waals surface area contributed by atoms with Crippen LogP contribution in [0.2, 0.25) is 0 Å². The van der Waals surface area contributed by atoms with Crippen LogP contribution in [0.5, 0.6) is 0 Å². The predicted octanol–water partition coefficient (Wildman–Crippen LogP) is 4.55. The maximum atomic E-state index is 13.1. The van der Waals surface area contributed by atoms with Gasteiger partial charge in [0.2, 0.25) is 5.91 Å². The molecule has 0 radical (unpaired) electrons. The molecule has 0 spiro atoms. The SMILES string of the molecule is CCCCCCCN(C)C(O)COC(=O)CCCSCCN1C(=O)CC[C@@H]1/C=C/[C@@H](O)Cc1ccc(F)cc1. The highest BCUT2D eigenvalue weighted by Crippen LogP contribution is 2.21. The number of amides is 1. The summed E-state index contributed by atoms with van der Waals surface area (Å²) in [5.74, 6) is 1.07. The second kappa shape index (κ2) is 19.2. The van der Waals surface area contributed by atoms with Gasteiger partial charge in [-0.3, -0.25) is 14.5 Å². The first-order chi connectivity index (χ1) is 18.8. The minimum absolute atomic E-state index is 0.0119. The van der Waals surface area contributed by atoms with E-state index in [0.29, 0.717) is 32.2 Å². The minimum Gasteiger partial charge on any atom is -0.461 e. The number of hydrogen-bond donors (Lipinski definition) is 2. The van der Waals surface area contributed by atoms with E-state index in [2.05, 4.69) is 6.92 Å². The third kappa shape index (κ3) is 13.8. The summed E-state index contributed by atoms with van der Waals surface area (Å²) < 4.78 is 18.3. The molecule has 7 nitrogen and oxygen atoms in total. The zero-order valence-corrected chi connectivity index (χ0v) is 24.4. The molecule has 1 amide bonds. The number of halogens is 1. The zero-order chi connectivity index (χ0) is 28.5. The lowest BCUT2D eigenvalue weighted by atomic mass is 10.1. The van der Waals surface area contributed by atoms with Crippen molar-refractivity contribution in [3.63, 3.8) is 0 Å². The van der Waals surface area contributed by atoms with Crippen molar-refractivity contribution in [1.82, 2.24) is 9.80 Å². The van der Waals surface area contributed by atoms with Gasteiger partial charge < -0.3 is 19.8 Å². The van der Waals surface area contributed by atoms with E-state index in [0.717, 1.165) is 42.9 Å². The number of nitrogens with zero attached hydrogens (tertiary/aromatic N) is 2. The average molecular weight is 567 g/mol. The number of unbranched alkanes of at least 4 members (excludes halogenated alkanes) is 4. The van der Waals surface area contributed by atoms with Crippen LogP contribution >= 0.6 is 11.8 Å². The Hall–Kier alpha value is -1.94. The Labute approximate surface area is 237 Å². The number of aliphatic hydroxyl groups excluding tert-OH is 2. The van der Waals surface area contributed by atoms with Gasteiger partial charge in [0.05, 0.1) is 12.1 Å². The molecule has 9 heteroatoms.